The molecule has 0 saturated carbocycles. The summed E-state index contributed by atoms with van der Waals surface area (Å²) in [5, 5.41) is 3.73. The third kappa shape index (κ3) is 9.92. The lowest BCUT2D eigenvalue weighted by molar-refractivity contribution is -0.210. The molecule has 1 aromatic carbocycles. The van der Waals surface area contributed by atoms with Gasteiger partial charge in [-0.25, -0.2) is 9.78 Å². The summed E-state index contributed by atoms with van der Waals surface area (Å²) in [5.41, 5.74) is 1.45. The van der Waals surface area contributed by atoms with Crippen LogP contribution in [0.1, 0.15) is 82.6 Å². The van der Waals surface area contributed by atoms with E-state index in [9.17, 15) is 19.2 Å². The molecule has 0 aliphatic heterocycles. The molecular weight excluding hydrogens is 552 g/mol. The topological polar surface area (TPSA) is 129 Å². The SMILES string of the molecule is CC.Cc1cc(C)n2ccc(C(=O)Nc3cccc(OC(C)(C)CCOC(C)(C)C(=O)ON(C)C(=O)CCC=O)c3)c2n1. The predicted molar refractivity (Wildman–Crippen MR) is 164 cm³/mol. The third-order valence-electron chi connectivity index (χ3n) is 6.38. The Kier molecular flexibility index (Phi) is 12.4. The lowest BCUT2D eigenvalue weighted by atomic mass is 10.1. The van der Waals surface area contributed by atoms with Crippen LogP contribution in [-0.2, 0) is 24.0 Å². The zero-order valence-corrected chi connectivity index (χ0v) is 26.6. The van der Waals surface area contributed by atoms with Gasteiger partial charge in [-0.05, 0) is 65.8 Å². The Labute approximate surface area is 253 Å². The average Bonchev–Trinajstić information content (AvgIpc) is 3.36. The number of rotatable bonds is 12. The number of anilines is 1. The quantitative estimate of drug-likeness (QED) is 0.215. The fourth-order valence-corrected chi connectivity index (χ4v) is 4.01. The normalized spacial score (nSPS) is 11.3. The van der Waals surface area contributed by atoms with Gasteiger partial charge in [0.05, 0.1) is 12.2 Å². The number of nitrogens with zero attached hydrogens (tertiary/aromatic N) is 3. The Morgan fingerprint density at radius 2 is 1.77 bits per heavy atom. The van der Waals surface area contributed by atoms with Gasteiger partial charge in [-0.3, -0.25) is 9.59 Å². The molecule has 11 heteroatoms. The molecule has 0 fully saturated rings. The van der Waals surface area contributed by atoms with Crippen LogP contribution in [-0.4, -0.2) is 63.4 Å². The average molecular weight is 597 g/mol. The maximum Gasteiger partial charge on any atom is 0.363 e. The summed E-state index contributed by atoms with van der Waals surface area (Å²) in [5.74, 6) is -0.954. The molecule has 0 radical (unpaired) electrons. The number of hydrogen-bond donors (Lipinski definition) is 1. The second-order valence-corrected chi connectivity index (χ2v) is 10.9. The van der Waals surface area contributed by atoms with Gasteiger partial charge >= 0.3 is 5.97 Å². The molecule has 3 rings (SSSR count). The monoisotopic (exact) mass is 596 g/mol. The van der Waals surface area contributed by atoms with Gasteiger partial charge in [0.25, 0.3) is 11.8 Å². The van der Waals surface area contributed by atoms with Gasteiger partial charge < -0.3 is 28.8 Å². The Morgan fingerprint density at radius 3 is 2.44 bits per heavy atom. The summed E-state index contributed by atoms with van der Waals surface area (Å²) in [6.07, 6.45) is 2.87. The van der Waals surface area contributed by atoms with Crippen LogP contribution in [0.5, 0.6) is 5.75 Å². The molecule has 234 valence electrons. The molecule has 0 bridgehead atoms. The molecule has 11 nitrogen and oxygen atoms in total. The number of hydroxylamine groups is 2. The number of benzene rings is 1. The van der Waals surface area contributed by atoms with Crippen LogP contribution in [0.2, 0.25) is 0 Å². The molecule has 2 amide bonds. The molecule has 2 heterocycles. The minimum absolute atomic E-state index is 0.0480. The first-order valence-corrected chi connectivity index (χ1v) is 14.3. The van der Waals surface area contributed by atoms with E-state index in [4.69, 9.17) is 14.3 Å². The summed E-state index contributed by atoms with van der Waals surface area (Å²) >= 11 is 0. The van der Waals surface area contributed by atoms with Gasteiger partial charge in [0.1, 0.15) is 23.3 Å². The van der Waals surface area contributed by atoms with Crippen LogP contribution in [0, 0.1) is 13.8 Å². The Bertz CT molecular complexity index is 1430. The standard InChI is InChI=1S/C30H38N4O7.C2H6/c1-20-18-21(2)34-15-13-24(26(34)31-20)27(37)32-22-10-8-11-23(19-22)40-29(3,4)14-17-39-30(5,6)28(38)41-33(7)25(36)12-9-16-35;1-2/h8,10-11,13,15-16,18-19H,9,12,14,17H2,1-7H3,(H,32,37);1-2H3. The van der Waals surface area contributed by atoms with E-state index in [0.717, 1.165) is 16.5 Å². The molecule has 1 N–H and O–H groups in total. The highest BCUT2D eigenvalue weighted by atomic mass is 16.7. The first kappa shape index (κ1) is 34.9. The number of aldehydes is 1. The number of carbonyl (C=O) groups is 4. The van der Waals surface area contributed by atoms with Crippen molar-refractivity contribution in [3.05, 3.63) is 59.5 Å². The Hall–Kier alpha value is -4.25. The van der Waals surface area contributed by atoms with Crippen LogP contribution in [0.15, 0.2) is 42.6 Å². The second-order valence-electron chi connectivity index (χ2n) is 10.9. The highest BCUT2D eigenvalue weighted by Gasteiger charge is 2.34. The zero-order chi connectivity index (χ0) is 32.4. The number of aryl methyl sites for hydroxylation is 2. The van der Waals surface area contributed by atoms with Crippen LogP contribution in [0.25, 0.3) is 5.65 Å². The van der Waals surface area contributed by atoms with E-state index in [-0.39, 0.29) is 25.4 Å². The molecule has 0 atom stereocenters. The van der Waals surface area contributed by atoms with Crippen molar-refractivity contribution in [1.82, 2.24) is 14.4 Å². The Balaban J connectivity index is 0.00000316. The van der Waals surface area contributed by atoms with Crippen LogP contribution >= 0.6 is 0 Å². The largest absolute Gasteiger partial charge is 0.488 e. The molecule has 2 aromatic heterocycles. The van der Waals surface area contributed by atoms with Gasteiger partial charge in [-0.15, -0.1) is 0 Å². The molecule has 0 aliphatic carbocycles. The van der Waals surface area contributed by atoms with Crippen LogP contribution in [0.3, 0.4) is 0 Å². The van der Waals surface area contributed by atoms with Crippen molar-refractivity contribution in [1.29, 1.82) is 0 Å². The van der Waals surface area contributed by atoms with Gasteiger partial charge in [-0.1, -0.05) is 19.9 Å². The van der Waals surface area contributed by atoms with Crippen LogP contribution < -0.4 is 10.1 Å². The molecule has 0 saturated heterocycles. The van der Waals surface area contributed by atoms with Crippen molar-refractivity contribution >= 4 is 35.4 Å². The van der Waals surface area contributed by atoms with Crippen molar-refractivity contribution in [3.8, 4) is 5.75 Å². The maximum absolute atomic E-state index is 13.1. The Morgan fingerprint density at radius 1 is 1.07 bits per heavy atom. The van der Waals surface area contributed by atoms with Crippen molar-refractivity contribution in [2.24, 2.45) is 0 Å². The lowest BCUT2D eigenvalue weighted by Gasteiger charge is -2.30. The van der Waals surface area contributed by atoms with Gasteiger partial charge in [0, 0.05) is 55.6 Å². The number of aromatic nitrogens is 2. The number of amides is 2. The minimum atomic E-state index is -1.32. The van der Waals surface area contributed by atoms with E-state index in [1.807, 2.05) is 58.2 Å². The van der Waals surface area contributed by atoms with E-state index < -0.39 is 23.1 Å². The van der Waals surface area contributed by atoms with E-state index in [0.29, 0.717) is 35.4 Å². The molecular formula is C32H44N4O7. The first-order chi connectivity index (χ1) is 20.2. The number of ether oxygens (including phenoxy) is 2. The summed E-state index contributed by atoms with van der Waals surface area (Å²) in [4.78, 5) is 57.6. The van der Waals surface area contributed by atoms with Gasteiger partial charge in [0.15, 0.2) is 5.60 Å². The van der Waals surface area contributed by atoms with Gasteiger partial charge in [-0.2, -0.15) is 5.06 Å². The van der Waals surface area contributed by atoms with E-state index >= 15 is 0 Å². The van der Waals surface area contributed by atoms with Gasteiger partial charge in [0.2, 0.25) is 0 Å². The number of nitrogens with one attached hydrogen (secondary N) is 1. The third-order valence-corrected chi connectivity index (χ3v) is 6.38. The number of fused-ring (bicyclic) bond motifs is 1. The molecule has 3 aromatic rings. The maximum atomic E-state index is 13.1. The highest BCUT2D eigenvalue weighted by Crippen LogP contribution is 2.26. The summed E-state index contributed by atoms with van der Waals surface area (Å²) < 4.78 is 13.8. The zero-order valence-electron chi connectivity index (χ0n) is 26.6. The smallest absolute Gasteiger partial charge is 0.363 e. The van der Waals surface area contributed by atoms with Crippen molar-refractivity contribution in [3.63, 3.8) is 0 Å². The lowest BCUT2D eigenvalue weighted by Crippen LogP contribution is -2.43. The summed E-state index contributed by atoms with van der Waals surface area (Å²) in [6.45, 7) is 14.9. The van der Waals surface area contributed by atoms with Crippen molar-refractivity contribution < 1.29 is 33.5 Å². The van der Waals surface area contributed by atoms with E-state index in [1.54, 1.807) is 44.2 Å². The number of hydrogen-bond acceptors (Lipinski definition) is 8. The molecule has 0 unspecified atom stereocenters. The van der Waals surface area contributed by atoms with Crippen LogP contribution in [0.4, 0.5) is 5.69 Å². The van der Waals surface area contributed by atoms with Crippen molar-refractivity contribution in [2.45, 2.75) is 85.9 Å². The van der Waals surface area contributed by atoms with Crippen molar-refractivity contribution in [2.75, 3.05) is 19.0 Å². The highest BCUT2D eigenvalue weighted by molar-refractivity contribution is 6.08. The minimum Gasteiger partial charge on any atom is -0.488 e. The molecule has 0 aliphatic rings. The summed E-state index contributed by atoms with van der Waals surface area (Å²) in [7, 11) is 1.31. The first-order valence-electron chi connectivity index (χ1n) is 14.3. The fourth-order valence-electron chi connectivity index (χ4n) is 4.01. The second kappa shape index (κ2) is 15.3. The molecule has 0 spiro atoms. The van der Waals surface area contributed by atoms with E-state index in [1.165, 1.54) is 7.05 Å². The molecule has 43 heavy (non-hydrogen) atoms. The number of carbonyl (C=O) groups excluding carboxylic acids is 4. The predicted octanol–water partition coefficient (Wildman–Crippen LogP) is 5.47. The summed E-state index contributed by atoms with van der Waals surface area (Å²) in [6, 6.07) is 10.8. The fraction of sp³-hybridized carbons (Fsp3) is 0.469. The van der Waals surface area contributed by atoms with E-state index in [2.05, 4.69) is 10.3 Å².